The number of sulfonamides is 1. The highest BCUT2D eigenvalue weighted by Gasteiger charge is 2.25. The summed E-state index contributed by atoms with van der Waals surface area (Å²) in [6.07, 6.45) is 5.29. The third-order valence-electron chi connectivity index (χ3n) is 6.31. The molecule has 2 saturated heterocycles. The molecule has 0 atom stereocenters. The van der Waals surface area contributed by atoms with E-state index in [4.69, 9.17) is 4.99 Å². The van der Waals surface area contributed by atoms with Crippen LogP contribution in [0, 0.1) is 12.8 Å². The van der Waals surface area contributed by atoms with E-state index in [2.05, 4.69) is 53.6 Å². The van der Waals surface area contributed by atoms with Crippen LogP contribution in [-0.4, -0.2) is 75.1 Å². The molecule has 182 valence electrons. The van der Waals surface area contributed by atoms with Crippen molar-refractivity contribution in [3.05, 3.63) is 35.4 Å². The molecule has 2 aliphatic rings. The summed E-state index contributed by atoms with van der Waals surface area (Å²) in [7, 11) is -3.07. The number of hydrogen-bond donors (Lipinski definition) is 2. The van der Waals surface area contributed by atoms with Gasteiger partial charge < -0.3 is 10.6 Å². The van der Waals surface area contributed by atoms with Crippen molar-refractivity contribution in [2.75, 3.05) is 45.5 Å². The maximum atomic E-state index is 11.7. The van der Waals surface area contributed by atoms with Crippen molar-refractivity contribution < 1.29 is 8.42 Å². The predicted molar refractivity (Wildman–Crippen MR) is 143 cm³/mol. The maximum Gasteiger partial charge on any atom is 0.211 e. The normalized spacial score (nSPS) is 20.0. The van der Waals surface area contributed by atoms with Gasteiger partial charge in [-0.25, -0.2) is 12.7 Å². The number of aliphatic imine (C=N–C) groups is 1. The van der Waals surface area contributed by atoms with Gasteiger partial charge in [0.25, 0.3) is 0 Å². The zero-order valence-corrected chi connectivity index (χ0v) is 22.9. The second-order valence-corrected chi connectivity index (χ2v) is 11.0. The fourth-order valence-electron chi connectivity index (χ4n) is 4.46. The van der Waals surface area contributed by atoms with Crippen LogP contribution in [0.15, 0.2) is 29.3 Å². The van der Waals surface area contributed by atoms with Crippen LogP contribution in [0.1, 0.15) is 43.7 Å². The van der Waals surface area contributed by atoms with Gasteiger partial charge in [0.2, 0.25) is 10.0 Å². The van der Waals surface area contributed by atoms with Gasteiger partial charge >= 0.3 is 0 Å². The molecule has 1 aromatic rings. The molecule has 0 radical (unpaired) electrons. The zero-order chi connectivity index (χ0) is 22.3. The van der Waals surface area contributed by atoms with Gasteiger partial charge in [0.05, 0.1) is 6.26 Å². The van der Waals surface area contributed by atoms with Crippen LogP contribution in [-0.2, 0) is 16.6 Å². The zero-order valence-electron chi connectivity index (χ0n) is 19.7. The summed E-state index contributed by atoms with van der Waals surface area (Å²) < 4.78 is 24.9. The van der Waals surface area contributed by atoms with Crippen LogP contribution in [0.3, 0.4) is 0 Å². The number of guanidine groups is 1. The average Bonchev–Trinajstić information content (AvgIpc) is 2.73. The molecule has 9 heteroatoms. The van der Waals surface area contributed by atoms with Crippen molar-refractivity contribution in [2.45, 2.75) is 52.1 Å². The number of aryl methyl sites for hydroxylation is 1. The fourth-order valence-corrected chi connectivity index (χ4v) is 5.34. The number of nitrogens with one attached hydrogen (secondary N) is 2. The monoisotopic (exact) mass is 577 g/mol. The molecule has 2 fully saturated rings. The quantitative estimate of drug-likeness (QED) is 0.296. The fraction of sp³-hybridized carbons (Fsp3) is 0.696. The molecular weight excluding hydrogens is 537 g/mol. The van der Waals surface area contributed by atoms with E-state index in [0.717, 1.165) is 64.4 Å². The lowest BCUT2D eigenvalue weighted by molar-refractivity contribution is 0.198. The van der Waals surface area contributed by atoms with Crippen LogP contribution in [0.4, 0.5) is 0 Å². The molecular formula is C23H40IN5O2S. The number of halogens is 1. The van der Waals surface area contributed by atoms with Crippen molar-refractivity contribution in [2.24, 2.45) is 10.9 Å². The van der Waals surface area contributed by atoms with E-state index >= 15 is 0 Å². The summed E-state index contributed by atoms with van der Waals surface area (Å²) in [5.74, 6) is 1.34. The Morgan fingerprint density at radius 3 is 2.41 bits per heavy atom. The average molecular weight is 578 g/mol. The first-order valence-corrected chi connectivity index (χ1v) is 13.5. The van der Waals surface area contributed by atoms with Crippen LogP contribution < -0.4 is 10.6 Å². The minimum absolute atomic E-state index is 0. The molecule has 0 saturated carbocycles. The molecule has 2 N–H and O–H groups in total. The third-order valence-corrected chi connectivity index (χ3v) is 7.61. The summed E-state index contributed by atoms with van der Waals surface area (Å²) >= 11 is 0. The van der Waals surface area contributed by atoms with Crippen LogP contribution in [0.25, 0.3) is 0 Å². The molecule has 0 aliphatic carbocycles. The van der Waals surface area contributed by atoms with Crippen LogP contribution in [0.2, 0.25) is 0 Å². The molecule has 7 nitrogen and oxygen atoms in total. The van der Waals surface area contributed by atoms with Gasteiger partial charge in [0.1, 0.15) is 0 Å². The Kier molecular flexibility index (Phi) is 11.2. The summed E-state index contributed by atoms with van der Waals surface area (Å²) in [5, 5.41) is 7.01. The Morgan fingerprint density at radius 1 is 1.12 bits per heavy atom. The largest absolute Gasteiger partial charge is 0.357 e. The summed E-state index contributed by atoms with van der Waals surface area (Å²) in [6, 6.07) is 9.23. The predicted octanol–water partition coefficient (Wildman–Crippen LogP) is 2.80. The highest BCUT2D eigenvalue weighted by Crippen LogP contribution is 2.19. The molecule has 0 spiro atoms. The minimum Gasteiger partial charge on any atom is -0.357 e. The van der Waals surface area contributed by atoms with Gasteiger partial charge in [-0.05, 0) is 51.0 Å². The van der Waals surface area contributed by atoms with E-state index in [1.165, 1.54) is 17.4 Å². The maximum absolute atomic E-state index is 11.7. The Morgan fingerprint density at radius 2 is 1.81 bits per heavy atom. The Balaban J connectivity index is 0.00000363. The molecule has 0 amide bonds. The molecule has 1 aromatic carbocycles. The molecule has 0 aromatic heterocycles. The summed E-state index contributed by atoms with van der Waals surface area (Å²) in [6.45, 7) is 10.3. The van der Waals surface area contributed by atoms with E-state index < -0.39 is 10.0 Å². The van der Waals surface area contributed by atoms with Crippen molar-refractivity contribution >= 4 is 40.0 Å². The lowest BCUT2D eigenvalue weighted by Gasteiger charge is -2.33. The highest BCUT2D eigenvalue weighted by molar-refractivity contribution is 14.0. The van der Waals surface area contributed by atoms with Crippen molar-refractivity contribution in [1.82, 2.24) is 19.8 Å². The van der Waals surface area contributed by atoms with Crippen LogP contribution >= 0.6 is 24.0 Å². The number of hydrogen-bond acceptors (Lipinski definition) is 4. The number of piperidine rings is 2. The Labute approximate surface area is 211 Å². The van der Waals surface area contributed by atoms with Gasteiger partial charge in [-0.15, -0.1) is 24.0 Å². The summed E-state index contributed by atoms with van der Waals surface area (Å²) in [5.41, 5.74) is 2.71. The first-order chi connectivity index (χ1) is 14.8. The van der Waals surface area contributed by atoms with E-state index in [9.17, 15) is 8.42 Å². The second-order valence-electron chi connectivity index (χ2n) is 9.01. The Hall–Kier alpha value is -0.910. The highest BCUT2D eigenvalue weighted by atomic mass is 127. The molecule has 2 heterocycles. The standard InChI is InChI=1S/C23H39N5O2S.HI/c1-4-24-23(25-17-20-8-14-28(15-9-20)31(3,29)30)26-22-10-12-27(13-11-22)18-21-7-5-6-19(2)16-21;/h5-7,16,20,22H,4,8-15,17-18H2,1-3H3,(H2,24,25,26);1H. The van der Waals surface area contributed by atoms with E-state index in [1.807, 2.05) is 0 Å². The smallest absolute Gasteiger partial charge is 0.211 e. The third kappa shape index (κ3) is 8.79. The van der Waals surface area contributed by atoms with E-state index in [1.54, 1.807) is 4.31 Å². The molecule has 2 aliphatic heterocycles. The lowest BCUT2D eigenvalue weighted by Crippen LogP contribution is -2.48. The number of nitrogens with zero attached hydrogens (tertiary/aromatic N) is 3. The van der Waals surface area contributed by atoms with Gasteiger partial charge in [-0.1, -0.05) is 29.8 Å². The lowest BCUT2D eigenvalue weighted by atomic mass is 9.98. The minimum atomic E-state index is -3.07. The van der Waals surface area contributed by atoms with Gasteiger partial charge in [0.15, 0.2) is 5.96 Å². The number of rotatable bonds is 7. The first kappa shape index (κ1) is 27.3. The van der Waals surface area contributed by atoms with E-state index in [-0.39, 0.29) is 24.0 Å². The SMILES string of the molecule is CCNC(=NCC1CCN(S(C)(=O)=O)CC1)NC1CCN(Cc2cccc(C)c2)CC1.I. The van der Waals surface area contributed by atoms with Crippen molar-refractivity contribution in [1.29, 1.82) is 0 Å². The Bertz CT molecular complexity index is 833. The number of likely N-dealkylation sites (tertiary alicyclic amines) is 1. The molecule has 32 heavy (non-hydrogen) atoms. The van der Waals surface area contributed by atoms with E-state index in [0.29, 0.717) is 25.0 Å². The number of benzene rings is 1. The first-order valence-electron chi connectivity index (χ1n) is 11.6. The van der Waals surface area contributed by atoms with Gasteiger partial charge in [0, 0.05) is 51.9 Å². The van der Waals surface area contributed by atoms with Crippen LogP contribution in [0.5, 0.6) is 0 Å². The molecule has 0 unspecified atom stereocenters. The van der Waals surface area contributed by atoms with Crippen molar-refractivity contribution in [3.8, 4) is 0 Å². The molecule has 3 rings (SSSR count). The van der Waals surface area contributed by atoms with Gasteiger partial charge in [-0.3, -0.25) is 9.89 Å². The second kappa shape index (κ2) is 13.1. The van der Waals surface area contributed by atoms with Gasteiger partial charge in [-0.2, -0.15) is 0 Å². The molecule has 0 bridgehead atoms. The van der Waals surface area contributed by atoms with Crippen molar-refractivity contribution in [3.63, 3.8) is 0 Å². The topological polar surface area (TPSA) is 77.0 Å². The summed E-state index contributed by atoms with van der Waals surface area (Å²) in [4.78, 5) is 7.36.